The third-order valence-electron chi connectivity index (χ3n) is 5.32. The van der Waals surface area contributed by atoms with E-state index in [0.717, 1.165) is 45.3 Å². The number of H-pyrrole nitrogens is 1. The van der Waals surface area contributed by atoms with Gasteiger partial charge in [0.2, 0.25) is 5.88 Å². The number of nitrogens with zero attached hydrogens (tertiary/aromatic N) is 1. The number of allylic oxidation sites excluding steroid dienone is 2. The van der Waals surface area contributed by atoms with Crippen LogP contribution in [0.2, 0.25) is 0 Å². The van der Waals surface area contributed by atoms with Gasteiger partial charge in [-0.15, -0.1) is 4.73 Å². The average Bonchev–Trinajstić information content (AvgIpc) is 3.41. The summed E-state index contributed by atoms with van der Waals surface area (Å²) in [4.78, 5) is 8.58. The second kappa shape index (κ2) is 7.22. The van der Waals surface area contributed by atoms with Crippen LogP contribution in [0.25, 0.3) is 34.0 Å². The molecule has 3 heterocycles. The molecule has 0 amide bonds. The summed E-state index contributed by atoms with van der Waals surface area (Å²) >= 11 is 0. The summed E-state index contributed by atoms with van der Waals surface area (Å²) < 4.78 is 7.51. The fourth-order valence-corrected chi connectivity index (χ4v) is 3.96. The lowest BCUT2D eigenvalue weighted by atomic mass is 10.1. The van der Waals surface area contributed by atoms with Crippen LogP contribution in [0.3, 0.4) is 0 Å². The minimum atomic E-state index is 0.0563. The SMILES string of the molecule is CCOn1c(O)c(C=C2CCC(=Cc3c(O)[nH]c4ccccc34)O2)c2ccccc21. The monoisotopic (exact) mass is 402 g/mol. The van der Waals surface area contributed by atoms with Crippen LogP contribution in [0.5, 0.6) is 11.8 Å². The molecule has 1 saturated heterocycles. The maximum Gasteiger partial charge on any atom is 0.233 e. The molecule has 4 aromatic rings. The molecule has 1 aliphatic heterocycles. The number of ether oxygens (including phenoxy) is 1. The highest BCUT2D eigenvalue weighted by Crippen LogP contribution is 2.37. The van der Waals surface area contributed by atoms with E-state index < -0.39 is 0 Å². The zero-order valence-corrected chi connectivity index (χ0v) is 16.6. The van der Waals surface area contributed by atoms with Gasteiger partial charge in [-0.05, 0) is 31.2 Å². The zero-order valence-electron chi connectivity index (χ0n) is 16.6. The first-order valence-electron chi connectivity index (χ1n) is 10.00. The Kier molecular flexibility index (Phi) is 4.39. The Bertz CT molecular complexity index is 1310. The molecule has 1 aliphatic rings. The fraction of sp³-hybridized carbons (Fsp3) is 0.167. The molecule has 6 heteroatoms. The first kappa shape index (κ1) is 18.2. The number of aromatic amines is 1. The van der Waals surface area contributed by atoms with Gasteiger partial charge < -0.3 is 24.8 Å². The Hall–Kier alpha value is -3.80. The van der Waals surface area contributed by atoms with Crippen molar-refractivity contribution >= 4 is 34.0 Å². The molecule has 30 heavy (non-hydrogen) atoms. The molecule has 1 fully saturated rings. The number of aromatic nitrogens is 2. The van der Waals surface area contributed by atoms with Crippen molar-refractivity contribution in [2.45, 2.75) is 19.8 Å². The van der Waals surface area contributed by atoms with Crippen LogP contribution < -0.4 is 4.84 Å². The zero-order chi connectivity index (χ0) is 20.7. The topological polar surface area (TPSA) is 79.6 Å². The smallest absolute Gasteiger partial charge is 0.233 e. The number of benzene rings is 2. The van der Waals surface area contributed by atoms with Gasteiger partial charge in [0.05, 0.1) is 11.1 Å². The number of fused-ring (bicyclic) bond motifs is 2. The number of nitrogens with one attached hydrogen (secondary N) is 1. The minimum absolute atomic E-state index is 0.0563. The third kappa shape index (κ3) is 2.97. The van der Waals surface area contributed by atoms with Crippen LogP contribution in [0, 0.1) is 0 Å². The van der Waals surface area contributed by atoms with Crippen LogP contribution in [0.4, 0.5) is 0 Å². The molecule has 0 atom stereocenters. The molecular formula is C24H22N2O4. The Morgan fingerprint density at radius 1 is 0.967 bits per heavy atom. The van der Waals surface area contributed by atoms with Crippen LogP contribution in [0.1, 0.15) is 30.9 Å². The third-order valence-corrected chi connectivity index (χ3v) is 5.32. The lowest BCUT2D eigenvalue weighted by Crippen LogP contribution is -2.09. The number of para-hydroxylation sites is 2. The van der Waals surface area contributed by atoms with E-state index in [1.807, 2.05) is 67.6 Å². The van der Waals surface area contributed by atoms with Gasteiger partial charge in [-0.2, -0.15) is 0 Å². The van der Waals surface area contributed by atoms with E-state index in [9.17, 15) is 10.2 Å². The van der Waals surface area contributed by atoms with Gasteiger partial charge in [-0.3, -0.25) is 0 Å². The molecule has 2 aromatic heterocycles. The highest BCUT2D eigenvalue weighted by atomic mass is 16.7. The molecule has 0 spiro atoms. The Balaban J connectivity index is 1.50. The first-order chi connectivity index (χ1) is 14.7. The van der Waals surface area contributed by atoms with E-state index in [1.54, 1.807) is 0 Å². The maximum atomic E-state index is 10.7. The molecule has 0 bridgehead atoms. The van der Waals surface area contributed by atoms with Crippen LogP contribution in [0.15, 0.2) is 60.0 Å². The summed E-state index contributed by atoms with van der Waals surface area (Å²) in [5.74, 6) is 1.72. The van der Waals surface area contributed by atoms with E-state index >= 15 is 0 Å². The maximum absolute atomic E-state index is 10.7. The van der Waals surface area contributed by atoms with Crippen molar-refractivity contribution in [1.29, 1.82) is 0 Å². The largest absolute Gasteiger partial charge is 0.494 e. The summed E-state index contributed by atoms with van der Waals surface area (Å²) in [6, 6.07) is 15.5. The fourth-order valence-electron chi connectivity index (χ4n) is 3.96. The molecule has 2 aromatic carbocycles. The Morgan fingerprint density at radius 2 is 1.63 bits per heavy atom. The van der Waals surface area contributed by atoms with Crippen molar-refractivity contribution in [3.63, 3.8) is 0 Å². The van der Waals surface area contributed by atoms with Gasteiger partial charge in [0.1, 0.15) is 18.1 Å². The Labute approximate surface area is 173 Å². The van der Waals surface area contributed by atoms with Crippen molar-refractivity contribution in [2.75, 3.05) is 6.61 Å². The van der Waals surface area contributed by atoms with E-state index in [-0.39, 0.29) is 11.8 Å². The van der Waals surface area contributed by atoms with Crippen molar-refractivity contribution in [2.24, 2.45) is 0 Å². The molecule has 0 radical (unpaired) electrons. The van der Waals surface area contributed by atoms with Crippen LogP contribution in [-0.4, -0.2) is 26.5 Å². The number of rotatable bonds is 4. The van der Waals surface area contributed by atoms with Crippen LogP contribution >= 0.6 is 0 Å². The second-order valence-corrected chi connectivity index (χ2v) is 7.22. The van der Waals surface area contributed by atoms with Crippen molar-refractivity contribution < 1.29 is 19.8 Å². The lowest BCUT2D eigenvalue weighted by Gasteiger charge is -2.06. The summed E-state index contributed by atoms with van der Waals surface area (Å²) in [5.41, 5.74) is 3.08. The number of aromatic hydroxyl groups is 2. The number of hydrogen-bond acceptors (Lipinski definition) is 4. The van der Waals surface area contributed by atoms with Gasteiger partial charge >= 0.3 is 0 Å². The second-order valence-electron chi connectivity index (χ2n) is 7.22. The molecule has 6 nitrogen and oxygen atoms in total. The standard InChI is InChI=1S/C24H22N2O4/c1-2-29-26-22-10-6-4-8-18(22)20(24(26)28)14-16-12-11-15(30-16)13-19-17-7-3-5-9-21(17)25-23(19)27/h3-10,13-14,25,27-28H,2,11-12H2,1H3. The molecule has 3 N–H and O–H groups in total. The Morgan fingerprint density at radius 3 is 2.40 bits per heavy atom. The predicted molar refractivity (Wildman–Crippen MR) is 117 cm³/mol. The minimum Gasteiger partial charge on any atom is -0.494 e. The van der Waals surface area contributed by atoms with Gasteiger partial charge in [0.25, 0.3) is 0 Å². The van der Waals surface area contributed by atoms with E-state index in [1.165, 1.54) is 4.73 Å². The average molecular weight is 402 g/mol. The van der Waals surface area contributed by atoms with Crippen molar-refractivity contribution in [1.82, 2.24) is 9.71 Å². The predicted octanol–water partition coefficient (Wildman–Crippen LogP) is 5.17. The summed E-state index contributed by atoms with van der Waals surface area (Å²) in [6.45, 7) is 2.32. The van der Waals surface area contributed by atoms with Gasteiger partial charge in [0, 0.05) is 34.7 Å². The van der Waals surface area contributed by atoms with Crippen LogP contribution in [-0.2, 0) is 4.74 Å². The molecular weight excluding hydrogens is 380 g/mol. The molecule has 5 rings (SSSR count). The van der Waals surface area contributed by atoms with Gasteiger partial charge in [0.15, 0.2) is 5.88 Å². The van der Waals surface area contributed by atoms with Crippen molar-refractivity contribution in [3.8, 4) is 11.8 Å². The molecule has 0 saturated carbocycles. The van der Waals surface area contributed by atoms with E-state index in [0.29, 0.717) is 18.6 Å². The summed E-state index contributed by atoms with van der Waals surface area (Å²) in [6.07, 6.45) is 5.17. The summed E-state index contributed by atoms with van der Waals surface area (Å²) in [7, 11) is 0. The van der Waals surface area contributed by atoms with E-state index in [2.05, 4.69) is 4.98 Å². The van der Waals surface area contributed by atoms with Crippen molar-refractivity contribution in [3.05, 3.63) is 71.2 Å². The van der Waals surface area contributed by atoms with E-state index in [4.69, 9.17) is 9.57 Å². The molecule has 152 valence electrons. The first-order valence-corrected chi connectivity index (χ1v) is 10.00. The normalized spacial score (nSPS) is 16.7. The highest BCUT2D eigenvalue weighted by molar-refractivity contribution is 5.93. The summed E-state index contributed by atoms with van der Waals surface area (Å²) in [5, 5.41) is 22.8. The molecule has 0 aliphatic carbocycles. The quantitative estimate of drug-likeness (QED) is 0.440. The van der Waals surface area contributed by atoms with Gasteiger partial charge in [-0.1, -0.05) is 36.4 Å². The molecule has 0 unspecified atom stereocenters. The number of hydrogen-bond donors (Lipinski definition) is 3. The lowest BCUT2D eigenvalue weighted by molar-refractivity contribution is 0.112. The highest BCUT2D eigenvalue weighted by Gasteiger charge is 2.21. The van der Waals surface area contributed by atoms with Gasteiger partial charge in [-0.25, -0.2) is 0 Å².